The Hall–Kier alpha value is -2.14. The average Bonchev–Trinajstić information content (AvgIpc) is 2.91. The van der Waals surface area contributed by atoms with Crippen molar-refractivity contribution in [1.29, 1.82) is 0 Å². The van der Waals surface area contributed by atoms with Gasteiger partial charge in [-0.25, -0.2) is 4.98 Å². The maximum absolute atomic E-state index is 11.9. The maximum atomic E-state index is 11.9. The summed E-state index contributed by atoms with van der Waals surface area (Å²) >= 11 is 0. The molecule has 1 fully saturated rings. The summed E-state index contributed by atoms with van der Waals surface area (Å²) in [5, 5.41) is 6.12. The molecule has 0 atom stereocenters. The fourth-order valence-electron chi connectivity index (χ4n) is 1.98. The number of nitrogens with one attached hydrogen (secondary N) is 2. The number of rotatable bonds is 4. The molecule has 1 aliphatic rings. The third-order valence-corrected chi connectivity index (χ3v) is 3.28. The van der Waals surface area contributed by atoms with E-state index in [9.17, 15) is 4.79 Å². The van der Waals surface area contributed by atoms with Crippen molar-refractivity contribution in [3.63, 3.8) is 0 Å². The molecule has 3 rings (SSSR count). The van der Waals surface area contributed by atoms with Crippen molar-refractivity contribution in [3.8, 4) is 11.3 Å². The van der Waals surface area contributed by atoms with Crippen molar-refractivity contribution in [2.24, 2.45) is 5.92 Å². The summed E-state index contributed by atoms with van der Waals surface area (Å²) in [5.74, 6) is 1.24. The Morgan fingerprint density at radius 3 is 2.74 bits per heavy atom. The predicted octanol–water partition coefficient (Wildman–Crippen LogP) is 1.29. The Morgan fingerprint density at radius 2 is 2.16 bits per heavy atom. The second-order valence-electron chi connectivity index (χ2n) is 4.68. The third kappa shape index (κ3) is 2.66. The molecule has 1 amide bonds. The quantitative estimate of drug-likeness (QED) is 0.866. The van der Waals surface area contributed by atoms with Crippen LogP contribution in [0.3, 0.4) is 0 Å². The zero-order valence-corrected chi connectivity index (χ0v) is 10.4. The van der Waals surface area contributed by atoms with Crippen molar-refractivity contribution in [3.05, 3.63) is 42.4 Å². The normalized spacial score (nSPS) is 14.9. The van der Waals surface area contributed by atoms with Crippen LogP contribution in [-0.4, -0.2) is 30.5 Å². The van der Waals surface area contributed by atoms with Gasteiger partial charge in [-0.05, 0) is 12.1 Å². The van der Waals surface area contributed by atoms with Crippen LogP contribution in [-0.2, 0) is 0 Å². The zero-order valence-electron chi connectivity index (χ0n) is 10.4. The molecule has 2 heterocycles. The lowest BCUT2D eigenvalue weighted by molar-refractivity contribution is 0.0942. The Balaban J connectivity index is 1.63. The van der Waals surface area contributed by atoms with E-state index in [0.717, 1.165) is 25.2 Å². The summed E-state index contributed by atoms with van der Waals surface area (Å²) in [7, 11) is 0. The lowest BCUT2D eigenvalue weighted by Crippen LogP contribution is -2.48. The molecule has 5 heteroatoms. The van der Waals surface area contributed by atoms with E-state index < -0.39 is 0 Å². The third-order valence-electron chi connectivity index (χ3n) is 3.28. The number of amides is 1. The second-order valence-corrected chi connectivity index (χ2v) is 4.68. The molecule has 5 nitrogen and oxygen atoms in total. The summed E-state index contributed by atoms with van der Waals surface area (Å²) in [6.45, 7) is 2.71. The van der Waals surface area contributed by atoms with Crippen LogP contribution < -0.4 is 10.6 Å². The first kappa shape index (κ1) is 11.9. The van der Waals surface area contributed by atoms with Crippen molar-refractivity contribution in [1.82, 2.24) is 15.6 Å². The van der Waals surface area contributed by atoms with Crippen LogP contribution in [0, 0.1) is 5.92 Å². The number of hydrogen-bond donors (Lipinski definition) is 2. The van der Waals surface area contributed by atoms with Crippen molar-refractivity contribution in [2.75, 3.05) is 19.6 Å². The van der Waals surface area contributed by atoms with E-state index in [1.54, 1.807) is 18.3 Å². The molecule has 2 N–H and O–H groups in total. The molecule has 98 valence electrons. The van der Waals surface area contributed by atoms with Crippen LogP contribution in [0.1, 0.15) is 10.4 Å². The highest BCUT2D eigenvalue weighted by Gasteiger charge is 2.17. The molecule has 2 aromatic rings. The second kappa shape index (κ2) is 5.24. The molecule has 0 saturated carbocycles. The summed E-state index contributed by atoms with van der Waals surface area (Å²) < 4.78 is 5.20. The Kier molecular flexibility index (Phi) is 3.29. The van der Waals surface area contributed by atoms with Gasteiger partial charge < -0.3 is 15.1 Å². The molecular formula is C14H15N3O2. The van der Waals surface area contributed by atoms with Gasteiger partial charge in [-0.1, -0.05) is 12.1 Å². The minimum absolute atomic E-state index is 0.0315. The minimum atomic E-state index is -0.0315. The van der Waals surface area contributed by atoms with Crippen molar-refractivity contribution in [2.45, 2.75) is 0 Å². The standard InChI is InChI=1S/C14H15N3O2/c18-14(17-7-10-5-15-6-10)12-3-1-11(2-4-12)13-8-16-9-19-13/h1-4,8-10,15H,5-7H2,(H,17,18). The SMILES string of the molecule is O=C(NCC1CNC1)c1ccc(-c2cnco2)cc1. The van der Waals surface area contributed by atoms with E-state index in [1.807, 2.05) is 12.1 Å². The van der Waals surface area contributed by atoms with Gasteiger partial charge >= 0.3 is 0 Å². The van der Waals surface area contributed by atoms with E-state index in [-0.39, 0.29) is 5.91 Å². The van der Waals surface area contributed by atoms with Crippen molar-refractivity contribution >= 4 is 5.91 Å². The topological polar surface area (TPSA) is 67.2 Å². The molecule has 0 radical (unpaired) electrons. The van der Waals surface area contributed by atoms with E-state index >= 15 is 0 Å². The number of nitrogens with zero attached hydrogens (tertiary/aromatic N) is 1. The number of benzene rings is 1. The Morgan fingerprint density at radius 1 is 1.37 bits per heavy atom. The van der Waals surface area contributed by atoms with Crippen LogP contribution in [0.25, 0.3) is 11.3 Å². The van der Waals surface area contributed by atoms with Gasteiger partial charge in [-0.3, -0.25) is 4.79 Å². The molecule has 0 spiro atoms. The molecule has 19 heavy (non-hydrogen) atoms. The van der Waals surface area contributed by atoms with Crippen LogP contribution in [0.15, 0.2) is 41.3 Å². The first-order valence-electron chi connectivity index (χ1n) is 6.31. The molecule has 1 aromatic heterocycles. The monoisotopic (exact) mass is 257 g/mol. The molecule has 1 saturated heterocycles. The van der Waals surface area contributed by atoms with Gasteiger partial charge in [0.05, 0.1) is 6.20 Å². The van der Waals surface area contributed by atoms with Gasteiger partial charge in [0.1, 0.15) is 0 Å². The highest BCUT2D eigenvalue weighted by atomic mass is 16.3. The van der Waals surface area contributed by atoms with Gasteiger partial charge in [0.25, 0.3) is 5.91 Å². The largest absolute Gasteiger partial charge is 0.444 e. The van der Waals surface area contributed by atoms with Crippen molar-refractivity contribution < 1.29 is 9.21 Å². The molecule has 0 unspecified atom stereocenters. The van der Waals surface area contributed by atoms with E-state index in [2.05, 4.69) is 15.6 Å². The number of carbonyl (C=O) groups is 1. The summed E-state index contributed by atoms with van der Waals surface area (Å²) in [5.41, 5.74) is 1.58. The fourth-order valence-corrected chi connectivity index (χ4v) is 1.98. The van der Waals surface area contributed by atoms with Gasteiger partial charge in [0.2, 0.25) is 0 Å². The van der Waals surface area contributed by atoms with Gasteiger partial charge in [-0.2, -0.15) is 0 Å². The van der Waals surface area contributed by atoms with Crippen LogP contribution in [0.4, 0.5) is 0 Å². The van der Waals surface area contributed by atoms with E-state index in [0.29, 0.717) is 17.2 Å². The zero-order chi connectivity index (χ0) is 13.1. The van der Waals surface area contributed by atoms with E-state index in [4.69, 9.17) is 4.42 Å². The van der Waals surface area contributed by atoms with Gasteiger partial charge in [0, 0.05) is 36.7 Å². The smallest absolute Gasteiger partial charge is 0.251 e. The Bertz CT molecular complexity index is 545. The summed E-state index contributed by atoms with van der Waals surface area (Å²) in [6, 6.07) is 7.32. The van der Waals surface area contributed by atoms with Crippen LogP contribution >= 0.6 is 0 Å². The molecule has 0 bridgehead atoms. The summed E-state index contributed by atoms with van der Waals surface area (Å²) in [6.07, 6.45) is 3.04. The number of hydrogen-bond acceptors (Lipinski definition) is 4. The van der Waals surface area contributed by atoms with E-state index in [1.165, 1.54) is 6.39 Å². The molecule has 1 aliphatic heterocycles. The predicted molar refractivity (Wildman–Crippen MR) is 70.6 cm³/mol. The Labute approximate surface area is 111 Å². The summed E-state index contributed by atoms with van der Waals surface area (Å²) in [4.78, 5) is 15.8. The molecule has 0 aliphatic carbocycles. The van der Waals surface area contributed by atoms with Crippen LogP contribution in [0.5, 0.6) is 0 Å². The lowest BCUT2D eigenvalue weighted by atomic mass is 10.0. The first-order valence-corrected chi connectivity index (χ1v) is 6.31. The first-order chi connectivity index (χ1) is 9.33. The highest BCUT2D eigenvalue weighted by molar-refractivity contribution is 5.94. The number of carbonyl (C=O) groups excluding carboxylic acids is 1. The highest BCUT2D eigenvalue weighted by Crippen LogP contribution is 2.18. The number of aromatic nitrogens is 1. The number of oxazole rings is 1. The molecular weight excluding hydrogens is 242 g/mol. The average molecular weight is 257 g/mol. The maximum Gasteiger partial charge on any atom is 0.251 e. The molecule has 1 aromatic carbocycles. The van der Waals surface area contributed by atoms with Gasteiger partial charge in [-0.15, -0.1) is 0 Å². The fraction of sp³-hybridized carbons (Fsp3) is 0.286. The van der Waals surface area contributed by atoms with Crippen LogP contribution in [0.2, 0.25) is 0 Å². The minimum Gasteiger partial charge on any atom is -0.444 e. The van der Waals surface area contributed by atoms with Gasteiger partial charge in [0.15, 0.2) is 12.2 Å². The lowest BCUT2D eigenvalue weighted by Gasteiger charge is -2.27.